The van der Waals surface area contributed by atoms with Crippen molar-refractivity contribution in [3.8, 4) is 0 Å². The first-order valence-corrected chi connectivity index (χ1v) is 12.0. The standard InChI is InChI=1S/C24H22.2ClH.Zr/c1-15-17-7-3-5-9-21(17)23-13-14-24-20(12-11-19(15)23)16(2)18-8-4-6-10-22(18)24;;;/h3-10H,11-14H2,1-2H3;2*1H;/q;;;+2/p-2. The van der Waals surface area contributed by atoms with Gasteiger partial charge in [-0.05, 0) is 0 Å². The smallest absolute Gasteiger partial charge is 1.00 e. The second-order valence-electron chi connectivity index (χ2n) is 8.23. The van der Waals surface area contributed by atoms with E-state index in [1.54, 1.807) is 33.4 Å². The fourth-order valence-electron chi connectivity index (χ4n) is 6.43. The van der Waals surface area contributed by atoms with Crippen LogP contribution in [0.5, 0.6) is 0 Å². The third kappa shape index (κ3) is 2.20. The SMILES string of the molecule is CC1=C2CCC3=C(C)c4ccccc4[C]34CC[C]2([Zr+2]4)c2ccccc21.[Cl-].[Cl-]. The van der Waals surface area contributed by atoms with Crippen molar-refractivity contribution in [3.05, 3.63) is 81.9 Å². The van der Waals surface area contributed by atoms with Crippen LogP contribution in [0.1, 0.15) is 61.8 Å². The molecule has 0 radical (unpaired) electrons. The van der Waals surface area contributed by atoms with Gasteiger partial charge in [-0.1, -0.05) is 0 Å². The van der Waals surface area contributed by atoms with E-state index >= 15 is 0 Å². The van der Waals surface area contributed by atoms with Gasteiger partial charge in [0.1, 0.15) is 0 Å². The Hall–Kier alpha value is -0.617. The molecule has 2 bridgehead atoms. The van der Waals surface area contributed by atoms with E-state index in [0.29, 0.717) is 6.25 Å². The zero-order valence-corrected chi connectivity index (χ0v) is 19.7. The van der Waals surface area contributed by atoms with Crippen LogP contribution in [0.3, 0.4) is 0 Å². The molecule has 2 fully saturated rings. The van der Waals surface area contributed by atoms with Crippen LogP contribution in [0.2, 0.25) is 0 Å². The third-order valence-electron chi connectivity index (χ3n) is 7.44. The first kappa shape index (κ1) is 19.7. The fraction of sp³-hybridized carbons (Fsp3) is 0.333. The van der Waals surface area contributed by atoms with Gasteiger partial charge >= 0.3 is 162 Å². The van der Waals surface area contributed by atoms with Gasteiger partial charge in [0.05, 0.1) is 0 Å². The molecule has 0 aromatic heterocycles. The van der Waals surface area contributed by atoms with Crippen molar-refractivity contribution in [2.75, 3.05) is 0 Å². The number of allylic oxidation sites excluding steroid dienone is 4. The molecule has 2 heterocycles. The molecule has 2 spiro atoms. The third-order valence-corrected chi connectivity index (χ3v) is 13.6. The molecule has 2 aromatic rings. The Morgan fingerprint density at radius 3 is 1.52 bits per heavy atom. The quantitative estimate of drug-likeness (QED) is 0.508. The Balaban J connectivity index is 0.000000900. The fourth-order valence-corrected chi connectivity index (χ4v) is 13.5. The summed E-state index contributed by atoms with van der Waals surface area (Å²) in [5.41, 5.74) is 13.5. The van der Waals surface area contributed by atoms with Crippen molar-refractivity contribution in [3.63, 3.8) is 0 Å². The van der Waals surface area contributed by atoms with Gasteiger partial charge in [-0.25, -0.2) is 0 Å². The Morgan fingerprint density at radius 2 is 1.07 bits per heavy atom. The molecule has 2 aliphatic carbocycles. The number of hydrogen-bond donors (Lipinski definition) is 0. The number of hydrogen-bond acceptors (Lipinski definition) is 0. The van der Waals surface area contributed by atoms with Crippen LogP contribution in [-0.2, 0) is 29.5 Å². The largest absolute Gasteiger partial charge is 1.00 e. The number of benzene rings is 2. The topological polar surface area (TPSA) is 0 Å². The van der Waals surface area contributed by atoms with Crippen LogP contribution < -0.4 is 24.8 Å². The van der Waals surface area contributed by atoms with E-state index in [0.717, 1.165) is 0 Å². The second-order valence-corrected chi connectivity index (χ2v) is 13.0. The summed E-state index contributed by atoms with van der Waals surface area (Å²) in [5, 5.41) is 0. The van der Waals surface area contributed by atoms with Crippen LogP contribution in [0.25, 0.3) is 11.1 Å². The first-order valence-electron chi connectivity index (χ1n) is 9.57. The summed E-state index contributed by atoms with van der Waals surface area (Å²) in [6.07, 6.45) is 5.38. The molecule has 6 rings (SSSR count). The van der Waals surface area contributed by atoms with E-state index in [9.17, 15) is 0 Å². The maximum atomic E-state index is 2.47. The summed E-state index contributed by atoms with van der Waals surface area (Å²) in [7, 11) is 0. The first-order chi connectivity index (χ1) is 12.2. The average molecular weight is 473 g/mol. The van der Waals surface area contributed by atoms with Gasteiger partial charge < -0.3 is 24.8 Å². The van der Waals surface area contributed by atoms with Crippen LogP contribution in [0.15, 0.2) is 59.7 Å². The maximum absolute atomic E-state index is 2.47. The molecule has 27 heavy (non-hydrogen) atoms. The van der Waals surface area contributed by atoms with E-state index in [-0.39, 0.29) is 24.8 Å². The number of rotatable bonds is 0. The van der Waals surface area contributed by atoms with Gasteiger partial charge in [0, 0.05) is 0 Å². The van der Waals surface area contributed by atoms with Gasteiger partial charge in [0.25, 0.3) is 0 Å². The maximum Gasteiger partial charge on any atom is -1.00 e. The average Bonchev–Trinajstić information content (AvgIpc) is 3.17. The summed E-state index contributed by atoms with van der Waals surface area (Å²) in [5.74, 6) is 0. The molecule has 136 valence electrons. The van der Waals surface area contributed by atoms with Crippen molar-refractivity contribution in [1.29, 1.82) is 0 Å². The number of fused-ring (bicyclic) bond motifs is 2. The summed E-state index contributed by atoms with van der Waals surface area (Å²) >= 11 is -0.715. The minimum atomic E-state index is -0.715. The minimum Gasteiger partial charge on any atom is -1.00 e. The zero-order valence-electron chi connectivity index (χ0n) is 15.7. The van der Waals surface area contributed by atoms with E-state index in [2.05, 4.69) is 62.4 Å². The van der Waals surface area contributed by atoms with Crippen LogP contribution in [-0.4, -0.2) is 0 Å². The molecule has 0 N–H and O–H groups in total. The summed E-state index contributed by atoms with van der Waals surface area (Å²) in [4.78, 5) is 0. The Morgan fingerprint density at radius 1 is 0.667 bits per heavy atom. The molecular weight excluding hydrogens is 450 g/mol. The summed E-state index contributed by atoms with van der Waals surface area (Å²) in [6.45, 7) is 4.81. The van der Waals surface area contributed by atoms with Crippen molar-refractivity contribution in [2.24, 2.45) is 0 Å². The monoisotopic (exact) mass is 470 g/mol. The van der Waals surface area contributed by atoms with Crippen molar-refractivity contribution < 1.29 is 48.0 Å². The van der Waals surface area contributed by atoms with E-state index < -0.39 is 23.2 Å². The summed E-state index contributed by atoms with van der Waals surface area (Å²) in [6, 6.07) is 18.7. The molecule has 2 aliphatic heterocycles. The second kappa shape index (κ2) is 6.45. The van der Waals surface area contributed by atoms with Gasteiger partial charge in [-0.15, -0.1) is 0 Å². The molecular formula is C24H22Cl2Zr. The van der Waals surface area contributed by atoms with Crippen LogP contribution in [0, 0.1) is 0 Å². The molecule has 0 amide bonds. The van der Waals surface area contributed by atoms with Crippen molar-refractivity contribution >= 4 is 11.1 Å². The van der Waals surface area contributed by atoms with Gasteiger partial charge in [0.2, 0.25) is 0 Å². The predicted octanol–water partition coefficient (Wildman–Crippen LogP) is 0.0297. The summed E-state index contributed by atoms with van der Waals surface area (Å²) < 4.78 is 0.951. The minimum absolute atomic E-state index is 0. The van der Waals surface area contributed by atoms with Crippen LogP contribution in [0.4, 0.5) is 0 Å². The molecule has 2 unspecified atom stereocenters. The zero-order chi connectivity index (χ0) is 16.8. The molecule has 0 saturated carbocycles. The molecule has 0 nitrogen and oxygen atoms in total. The van der Waals surface area contributed by atoms with Gasteiger partial charge in [-0.3, -0.25) is 0 Å². The molecule has 4 aliphatic rings. The molecule has 2 atom stereocenters. The van der Waals surface area contributed by atoms with Crippen molar-refractivity contribution in [2.45, 2.75) is 45.8 Å². The van der Waals surface area contributed by atoms with E-state index in [4.69, 9.17) is 0 Å². The molecule has 2 aromatic carbocycles. The number of halogens is 2. The predicted molar refractivity (Wildman–Crippen MR) is 99.9 cm³/mol. The van der Waals surface area contributed by atoms with E-state index in [1.807, 2.05) is 11.1 Å². The molecule has 3 heteroatoms. The normalized spacial score (nSPS) is 28.7. The molecule has 2 saturated heterocycles. The Labute approximate surface area is 185 Å². The van der Waals surface area contributed by atoms with Crippen LogP contribution >= 0.6 is 0 Å². The van der Waals surface area contributed by atoms with Gasteiger partial charge in [0.15, 0.2) is 0 Å². The Bertz CT molecular complexity index is 937. The van der Waals surface area contributed by atoms with E-state index in [1.165, 1.54) is 25.7 Å². The van der Waals surface area contributed by atoms with Crippen molar-refractivity contribution in [1.82, 2.24) is 0 Å². The Kier molecular flexibility index (Phi) is 4.70. The van der Waals surface area contributed by atoms with Gasteiger partial charge in [-0.2, -0.15) is 0 Å².